The second-order valence-electron chi connectivity index (χ2n) is 2.43. The molecule has 0 bridgehead atoms. The number of carbonyl (C=O) groups is 2. The largest absolute Gasteiger partial charge is 0.349 e. The Morgan fingerprint density at radius 2 is 2.08 bits per heavy atom. The third-order valence-electron chi connectivity index (χ3n) is 1.21. The summed E-state index contributed by atoms with van der Waals surface area (Å²) in [6, 6.07) is 0. The molecule has 0 rings (SSSR count). The van der Waals surface area contributed by atoms with Crippen LogP contribution in [0.15, 0.2) is 0 Å². The zero-order chi connectivity index (χ0) is 9.40. The molecule has 3 nitrogen and oxygen atoms in total. The maximum absolute atomic E-state index is 10.9. The Bertz CT molecular complexity index is 159. The highest BCUT2D eigenvalue weighted by Gasteiger charge is 2.00. The second kappa shape index (κ2) is 7.16. The van der Waals surface area contributed by atoms with Gasteiger partial charge in [-0.3, -0.25) is 9.59 Å². The van der Waals surface area contributed by atoms with E-state index in [-0.39, 0.29) is 18.2 Å². The molecular weight excluding hydrogens is 174 g/mol. The molecule has 0 aromatic rings. The van der Waals surface area contributed by atoms with Gasteiger partial charge in [0.1, 0.15) is 5.78 Å². The first-order chi connectivity index (χ1) is 5.66. The van der Waals surface area contributed by atoms with Crippen LogP contribution in [0.25, 0.3) is 0 Å². The number of ketones is 1. The van der Waals surface area contributed by atoms with E-state index in [0.29, 0.717) is 6.42 Å². The molecule has 0 aliphatic carbocycles. The number of carbonyl (C=O) groups excluding carboxylic acids is 2. The average molecular weight is 189 g/mol. The zero-order valence-electron chi connectivity index (χ0n) is 7.55. The Labute approximate surface area is 77.3 Å². The van der Waals surface area contributed by atoms with Crippen molar-refractivity contribution < 1.29 is 9.59 Å². The number of Topliss-reactive ketones (excluding diaryl/α,β-unsaturated/α-hetero) is 1. The summed E-state index contributed by atoms with van der Waals surface area (Å²) in [7, 11) is 0. The van der Waals surface area contributed by atoms with E-state index in [1.165, 1.54) is 6.92 Å². The van der Waals surface area contributed by atoms with Crippen LogP contribution in [0.1, 0.15) is 20.3 Å². The number of thioether (sulfide) groups is 1. The number of hydrogen-bond donors (Lipinski definition) is 1. The Balaban J connectivity index is 3.28. The highest BCUT2D eigenvalue weighted by atomic mass is 32.2. The maximum atomic E-state index is 10.9. The summed E-state index contributed by atoms with van der Waals surface area (Å²) in [5.41, 5.74) is 0. The Kier molecular flexibility index (Phi) is 6.85. The number of rotatable bonds is 6. The SMILES string of the molecule is CCSCCC(=O)NCC(C)=O. The van der Waals surface area contributed by atoms with Crippen LogP contribution in [0.4, 0.5) is 0 Å². The van der Waals surface area contributed by atoms with Gasteiger partial charge in [-0.1, -0.05) is 6.92 Å². The standard InChI is InChI=1S/C8H15NO2S/c1-3-12-5-4-8(11)9-6-7(2)10/h3-6H2,1-2H3,(H,9,11). The van der Waals surface area contributed by atoms with Crippen molar-refractivity contribution in [2.24, 2.45) is 0 Å². The van der Waals surface area contributed by atoms with Crippen molar-refractivity contribution in [3.63, 3.8) is 0 Å². The van der Waals surface area contributed by atoms with Crippen molar-refractivity contribution in [3.05, 3.63) is 0 Å². The molecule has 0 aromatic heterocycles. The quantitative estimate of drug-likeness (QED) is 0.630. The molecule has 0 heterocycles. The predicted molar refractivity (Wildman–Crippen MR) is 51.3 cm³/mol. The third kappa shape index (κ3) is 7.60. The van der Waals surface area contributed by atoms with Gasteiger partial charge in [-0.05, 0) is 12.7 Å². The molecule has 0 spiro atoms. The number of amides is 1. The summed E-state index contributed by atoms with van der Waals surface area (Å²) >= 11 is 1.72. The minimum Gasteiger partial charge on any atom is -0.349 e. The molecule has 70 valence electrons. The molecule has 0 fully saturated rings. The Morgan fingerprint density at radius 3 is 2.58 bits per heavy atom. The molecule has 0 aromatic carbocycles. The topological polar surface area (TPSA) is 46.2 Å². The van der Waals surface area contributed by atoms with Gasteiger partial charge in [0.25, 0.3) is 0 Å². The number of hydrogen-bond acceptors (Lipinski definition) is 3. The van der Waals surface area contributed by atoms with Crippen LogP contribution in [0, 0.1) is 0 Å². The molecule has 0 saturated carbocycles. The lowest BCUT2D eigenvalue weighted by Gasteiger charge is -2.01. The highest BCUT2D eigenvalue weighted by Crippen LogP contribution is 1.99. The van der Waals surface area contributed by atoms with Gasteiger partial charge in [-0.15, -0.1) is 0 Å². The lowest BCUT2D eigenvalue weighted by Crippen LogP contribution is -2.28. The first-order valence-corrected chi connectivity index (χ1v) is 5.16. The highest BCUT2D eigenvalue weighted by molar-refractivity contribution is 7.99. The zero-order valence-corrected chi connectivity index (χ0v) is 8.37. The molecule has 4 heteroatoms. The van der Waals surface area contributed by atoms with Crippen LogP contribution < -0.4 is 5.32 Å². The van der Waals surface area contributed by atoms with Gasteiger partial charge in [-0.25, -0.2) is 0 Å². The summed E-state index contributed by atoms with van der Waals surface area (Å²) in [6.45, 7) is 3.68. The molecule has 1 amide bonds. The summed E-state index contributed by atoms with van der Waals surface area (Å²) in [5, 5.41) is 2.54. The molecule has 0 saturated heterocycles. The van der Waals surface area contributed by atoms with Crippen molar-refractivity contribution in [1.82, 2.24) is 5.32 Å². The molecule has 1 N–H and O–H groups in total. The van der Waals surface area contributed by atoms with Crippen LogP contribution in [0.2, 0.25) is 0 Å². The summed E-state index contributed by atoms with van der Waals surface area (Å²) in [5.74, 6) is 1.82. The first-order valence-electron chi connectivity index (χ1n) is 4.00. The van der Waals surface area contributed by atoms with E-state index in [9.17, 15) is 9.59 Å². The molecule has 0 unspecified atom stereocenters. The fourth-order valence-electron chi connectivity index (χ4n) is 0.621. The molecule has 0 aliphatic heterocycles. The average Bonchev–Trinajstić information content (AvgIpc) is 2.01. The minimum absolute atomic E-state index is 0.00788. The minimum atomic E-state index is -0.0360. The number of nitrogens with one attached hydrogen (secondary N) is 1. The van der Waals surface area contributed by atoms with Gasteiger partial charge in [0, 0.05) is 12.2 Å². The van der Waals surface area contributed by atoms with Crippen LogP contribution in [-0.4, -0.2) is 29.7 Å². The second-order valence-corrected chi connectivity index (χ2v) is 3.82. The van der Waals surface area contributed by atoms with Crippen molar-refractivity contribution in [2.45, 2.75) is 20.3 Å². The Morgan fingerprint density at radius 1 is 1.42 bits per heavy atom. The molecular formula is C8H15NO2S. The van der Waals surface area contributed by atoms with Gasteiger partial charge >= 0.3 is 0 Å². The predicted octanol–water partition coefficient (Wildman–Crippen LogP) is 0.835. The summed E-state index contributed by atoms with van der Waals surface area (Å²) in [6.07, 6.45) is 0.506. The first kappa shape index (κ1) is 11.5. The van der Waals surface area contributed by atoms with Crippen molar-refractivity contribution in [2.75, 3.05) is 18.1 Å². The van der Waals surface area contributed by atoms with Gasteiger partial charge in [0.05, 0.1) is 6.54 Å². The van der Waals surface area contributed by atoms with Gasteiger partial charge < -0.3 is 5.32 Å². The van der Waals surface area contributed by atoms with Crippen molar-refractivity contribution in [1.29, 1.82) is 0 Å². The van der Waals surface area contributed by atoms with Gasteiger partial charge in [0.15, 0.2) is 0 Å². The molecule has 0 aliphatic rings. The van der Waals surface area contributed by atoms with E-state index >= 15 is 0 Å². The normalized spacial score (nSPS) is 9.50. The maximum Gasteiger partial charge on any atom is 0.221 e. The summed E-state index contributed by atoms with van der Waals surface area (Å²) in [4.78, 5) is 21.4. The van der Waals surface area contributed by atoms with E-state index < -0.39 is 0 Å². The van der Waals surface area contributed by atoms with Crippen LogP contribution in [-0.2, 0) is 9.59 Å². The summed E-state index contributed by atoms with van der Waals surface area (Å²) < 4.78 is 0. The van der Waals surface area contributed by atoms with E-state index in [1.54, 1.807) is 11.8 Å². The monoisotopic (exact) mass is 189 g/mol. The van der Waals surface area contributed by atoms with Gasteiger partial charge in [-0.2, -0.15) is 11.8 Å². The van der Waals surface area contributed by atoms with E-state index in [4.69, 9.17) is 0 Å². The fraction of sp³-hybridized carbons (Fsp3) is 0.750. The third-order valence-corrected chi connectivity index (χ3v) is 2.11. The Hall–Kier alpha value is -0.510. The van der Waals surface area contributed by atoms with E-state index in [1.807, 2.05) is 0 Å². The van der Waals surface area contributed by atoms with E-state index in [0.717, 1.165) is 11.5 Å². The van der Waals surface area contributed by atoms with Crippen LogP contribution in [0.3, 0.4) is 0 Å². The molecule has 0 atom stereocenters. The van der Waals surface area contributed by atoms with Crippen LogP contribution >= 0.6 is 11.8 Å². The van der Waals surface area contributed by atoms with Crippen molar-refractivity contribution >= 4 is 23.5 Å². The van der Waals surface area contributed by atoms with Gasteiger partial charge in [0.2, 0.25) is 5.91 Å². The lowest BCUT2D eigenvalue weighted by atomic mass is 10.4. The smallest absolute Gasteiger partial charge is 0.221 e. The van der Waals surface area contributed by atoms with E-state index in [2.05, 4.69) is 12.2 Å². The lowest BCUT2D eigenvalue weighted by molar-refractivity contribution is -0.124. The van der Waals surface area contributed by atoms with Crippen molar-refractivity contribution in [3.8, 4) is 0 Å². The fourth-order valence-corrected chi connectivity index (χ4v) is 1.24. The molecule has 0 radical (unpaired) electrons. The molecule has 12 heavy (non-hydrogen) atoms. The van der Waals surface area contributed by atoms with Crippen LogP contribution in [0.5, 0.6) is 0 Å².